The first-order chi connectivity index (χ1) is 5.41. The summed E-state index contributed by atoms with van der Waals surface area (Å²) in [6.07, 6.45) is 0. The summed E-state index contributed by atoms with van der Waals surface area (Å²) in [7, 11) is 6.20. The van der Waals surface area contributed by atoms with Gasteiger partial charge in [-0.15, -0.1) is 0 Å². The highest BCUT2D eigenvalue weighted by molar-refractivity contribution is 6.33. The number of nitrogen functional groups attached to an aromatic ring is 1. The Morgan fingerprint density at radius 2 is 1.83 bits per heavy atom. The molecule has 0 bridgehead atoms. The standard InChI is InChI=1S/C9H14ClN2/c1-12(2,3)9-5-4-7(11)6-8(9)10/h4-6H,11H2,1-3H3/q+1. The van der Waals surface area contributed by atoms with Crippen LogP contribution in [-0.4, -0.2) is 21.1 Å². The summed E-state index contributed by atoms with van der Waals surface area (Å²) < 4.78 is 0.707. The first-order valence-electron chi connectivity index (χ1n) is 3.78. The molecule has 2 N–H and O–H groups in total. The van der Waals surface area contributed by atoms with Crippen molar-refractivity contribution in [1.29, 1.82) is 0 Å². The van der Waals surface area contributed by atoms with Crippen LogP contribution in [0.25, 0.3) is 0 Å². The molecule has 0 amide bonds. The number of halogens is 1. The van der Waals surface area contributed by atoms with Crippen LogP contribution >= 0.6 is 11.6 Å². The lowest BCUT2D eigenvalue weighted by atomic mass is 10.2. The highest BCUT2D eigenvalue weighted by Gasteiger charge is 2.15. The molecule has 0 aliphatic carbocycles. The van der Waals surface area contributed by atoms with E-state index >= 15 is 0 Å². The fourth-order valence-electron chi connectivity index (χ4n) is 1.07. The van der Waals surface area contributed by atoms with Crippen LogP contribution in [0.4, 0.5) is 11.4 Å². The van der Waals surface area contributed by atoms with Crippen molar-refractivity contribution in [3.8, 4) is 0 Å². The molecule has 0 aliphatic rings. The number of rotatable bonds is 1. The van der Waals surface area contributed by atoms with Crippen LogP contribution < -0.4 is 10.2 Å². The zero-order valence-corrected chi connectivity index (χ0v) is 8.39. The monoisotopic (exact) mass is 185 g/mol. The van der Waals surface area contributed by atoms with Crippen LogP contribution in [0.3, 0.4) is 0 Å². The van der Waals surface area contributed by atoms with Gasteiger partial charge >= 0.3 is 0 Å². The second-order valence-corrected chi connectivity index (χ2v) is 4.13. The molecule has 0 atom stereocenters. The molecule has 3 heteroatoms. The summed E-state index contributed by atoms with van der Waals surface area (Å²) in [6, 6.07) is 5.60. The van der Waals surface area contributed by atoms with Gasteiger partial charge in [0.2, 0.25) is 0 Å². The summed E-state index contributed by atoms with van der Waals surface area (Å²) >= 11 is 6.02. The minimum Gasteiger partial charge on any atom is -0.399 e. The highest BCUT2D eigenvalue weighted by atomic mass is 35.5. The molecule has 0 aliphatic heterocycles. The number of nitrogens with two attached hydrogens (primary N) is 1. The number of nitrogens with zero attached hydrogens (tertiary/aromatic N) is 1. The minimum absolute atomic E-state index is 0.706. The molecule has 0 fully saturated rings. The van der Waals surface area contributed by atoms with E-state index in [1.54, 1.807) is 6.07 Å². The van der Waals surface area contributed by atoms with Crippen LogP contribution in [0.2, 0.25) is 5.02 Å². The maximum atomic E-state index is 6.02. The molecule has 1 aromatic carbocycles. The predicted molar refractivity (Wildman–Crippen MR) is 55.4 cm³/mol. The Kier molecular flexibility index (Phi) is 2.31. The molecule has 0 spiro atoms. The van der Waals surface area contributed by atoms with E-state index in [2.05, 4.69) is 21.1 Å². The zero-order chi connectivity index (χ0) is 9.35. The minimum atomic E-state index is 0.706. The van der Waals surface area contributed by atoms with Crippen LogP contribution in [0.15, 0.2) is 18.2 Å². The summed E-state index contributed by atoms with van der Waals surface area (Å²) in [5.41, 5.74) is 7.36. The van der Waals surface area contributed by atoms with E-state index in [1.807, 2.05) is 12.1 Å². The van der Waals surface area contributed by atoms with Crippen LogP contribution in [0.5, 0.6) is 0 Å². The van der Waals surface area contributed by atoms with Crippen LogP contribution in [0.1, 0.15) is 0 Å². The number of hydrogen-bond donors (Lipinski definition) is 1. The molecule has 12 heavy (non-hydrogen) atoms. The maximum Gasteiger partial charge on any atom is 0.151 e. The van der Waals surface area contributed by atoms with Crippen molar-refractivity contribution in [2.24, 2.45) is 0 Å². The molecule has 0 radical (unpaired) electrons. The van der Waals surface area contributed by atoms with Gasteiger partial charge in [-0.2, -0.15) is 0 Å². The van der Waals surface area contributed by atoms with E-state index in [0.717, 1.165) is 10.7 Å². The average Bonchev–Trinajstić information content (AvgIpc) is 1.83. The molecular weight excluding hydrogens is 172 g/mol. The average molecular weight is 186 g/mol. The molecular formula is C9H14ClN2+. The van der Waals surface area contributed by atoms with E-state index in [-0.39, 0.29) is 0 Å². The van der Waals surface area contributed by atoms with E-state index in [9.17, 15) is 0 Å². The molecule has 66 valence electrons. The molecule has 0 aromatic heterocycles. The first-order valence-corrected chi connectivity index (χ1v) is 4.16. The Hall–Kier alpha value is -0.730. The fraction of sp³-hybridized carbons (Fsp3) is 0.333. The number of quaternary nitrogens is 1. The van der Waals surface area contributed by atoms with Gasteiger partial charge < -0.3 is 5.73 Å². The molecule has 1 aromatic rings. The second kappa shape index (κ2) is 2.96. The van der Waals surface area contributed by atoms with Gasteiger partial charge in [-0.25, -0.2) is 0 Å². The van der Waals surface area contributed by atoms with E-state index in [0.29, 0.717) is 10.2 Å². The van der Waals surface area contributed by atoms with Gasteiger partial charge in [0.25, 0.3) is 0 Å². The number of anilines is 1. The normalized spacial score (nSPS) is 11.7. The Bertz CT molecular complexity index is 289. The van der Waals surface area contributed by atoms with Gasteiger partial charge in [0.1, 0.15) is 5.02 Å². The zero-order valence-electron chi connectivity index (χ0n) is 7.63. The summed E-state index contributed by atoms with van der Waals surface area (Å²) in [4.78, 5) is 0. The Labute approximate surface area is 78.1 Å². The maximum absolute atomic E-state index is 6.02. The quantitative estimate of drug-likeness (QED) is 0.527. The van der Waals surface area contributed by atoms with Crippen molar-refractivity contribution in [3.05, 3.63) is 23.2 Å². The van der Waals surface area contributed by atoms with Gasteiger partial charge in [-0.05, 0) is 12.1 Å². The highest BCUT2D eigenvalue weighted by Crippen LogP contribution is 2.29. The van der Waals surface area contributed by atoms with Gasteiger partial charge in [0.15, 0.2) is 5.69 Å². The van der Waals surface area contributed by atoms with Gasteiger partial charge in [0, 0.05) is 11.8 Å². The summed E-state index contributed by atoms with van der Waals surface area (Å²) in [5.74, 6) is 0. The van der Waals surface area contributed by atoms with Crippen molar-refractivity contribution >= 4 is 23.0 Å². The third-order valence-electron chi connectivity index (χ3n) is 1.69. The van der Waals surface area contributed by atoms with E-state index < -0.39 is 0 Å². The van der Waals surface area contributed by atoms with Gasteiger partial charge in [0.05, 0.1) is 21.1 Å². The second-order valence-electron chi connectivity index (χ2n) is 3.72. The molecule has 0 unspecified atom stereocenters. The predicted octanol–water partition coefficient (Wildman–Crippen LogP) is 2.12. The van der Waals surface area contributed by atoms with Crippen LogP contribution in [0, 0.1) is 0 Å². The van der Waals surface area contributed by atoms with E-state index in [1.165, 1.54) is 0 Å². The largest absolute Gasteiger partial charge is 0.399 e. The van der Waals surface area contributed by atoms with Crippen molar-refractivity contribution in [2.45, 2.75) is 0 Å². The fourth-order valence-corrected chi connectivity index (χ4v) is 1.51. The van der Waals surface area contributed by atoms with Crippen molar-refractivity contribution in [3.63, 3.8) is 0 Å². The third-order valence-corrected chi connectivity index (χ3v) is 2.00. The van der Waals surface area contributed by atoms with Gasteiger partial charge in [-0.1, -0.05) is 11.6 Å². The van der Waals surface area contributed by atoms with Crippen molar-refractivity contribution in [1.82, 2.24) is 4.48 Å². The van der Waals surface area contributed by atoms with Crippen molar-refractivity contribution in [2.75, 3.05) is 26.9 Å². The molecule has 0 heterocycles. The summed E-state index contributed by atoms with van der Waals surface area (Å²) in [5, 5.41) is 0.725. The molecule has 0 saturated heterocycles. The lowest BCUT2D eigenvalue weighted by molar-refractivity contribution is 0.486. The Morgan fingerprint density at radius 1 is 1.25 bits per heavy atom. The smallest absolute Gasteiger partial charge is 0.151 e. The summed E-state index contributed by atoms with van der Waals surface area (Å²) in [6.45, 7) is 0. The van der Waals surface area contributed by atoms with Crippen LogP contribution in [-0.2, 0) is 0 Å². The lowest BCUT2D eigenvalue weighted by Gasteiger charge is -2.24. The molecule has 2 nitrogen and oxygen atoms in total. The SMILES string of the molecule is C[N+](C)(C)c1ccc(N)cc1Cl. The van der Waals surface area contributed by atoms with Gasteiger partial charge in [-0.3, -0.25) is 4.48 Å². The third kappa shape index (κ3) is 1.90. The Balaban J connectivity index is 3.19. The Morgan fingerprint density at radius 3 is 2.25 bits per heavy atom. The molecule has 0 saturated carbocycles. The lowest BCUT2D eigenvalue weighted by Crippen LogP contribution is -2.34. The molecule has 1 rings (SSSR count). The van der Waals surface area contributed by atoms with Crippen molar-refractivity contribution < 1.29 is 0 Å². The van der Waals surface area contributed by atoms with E-state index in [4.69, 9.17) is 17.3 Å². The number of benzene rings is 1. The number of hydrogen-bond acceptors (Lipinski definition) is 1. The topological polar surface area (TPSA) is 26.0 Å². The first kappa shape index (κ1) is 9.36.